The van der Waals surface area contributed by atoms with E-state index < -0.39 is 0 Å². The maximum Gasteiger partial charge on any atom is 0.273 e. The van der Waals surface area contributed by atoms with Crippen molar-refractivity contribution >= 4 is 17.0 Å². The van der Waals surface area contributed by atoms with Gasteiger partial charge in [0, 0.05) is 13.0 Å². The number of hydrogen-bond donors (Lipinski definition) is 2. The van der Waals surface area contributed by atoms with Gasteiger partial charge in [0.15, 0.2) is 17.2 Å². The monoisotopic (exact) mass is 368 g/mol. The van der Waals surface area contributed by atoms with Crippen LogP contribution in [0.2, 0.25) is 0 Å². The molecule has 3 heterocycles. The van der Waals surface area contributed by atoms with Gasteiger partial charge in [-0.2, -0.15) is 0 Å². The summed E-state index contributed by atoms with van der Waals surface area (Å²) in [5, 5.41) is 14.5. The Hall–Kier alpha value is -2.74. The first-order valence-electron chi connectivity index (χ1n) is 9.39. The van der Waals surface area contributed by atoms with Gasteiger partial charge in [-0.15, -0.1) is 5.10 Å². The minimum absolute atomic E-state index is 0.208. The Labute approximate surface area is 157 Å². The molecule has 2 N–H and O–H groups in total. The first-order valence-corrected chi connectivity index (χ1v) is 9.39. The average molecular weight is 368 g/mol. The molecule has 0 saturated carbocycles. The number of fused-ring (bicyclic) bond motifs is 1. The van der Waals surface area contributed by atoms with Gasteiger partial charge in [-0.05, 0) is 51.4 Å². The summed E-state index contributed by atoms with van der Waals surface area (Å²) in [6.07, 6.45) is 2.53. The van der Waals surface area contributed by atoms with Crippen LogP contribution in [-0.2, 0) is 6.42 Å². The molecule has 3 aromatic rings. The fraction of sp³-hybridized carbons (Fsp3) is 0.474. The Kier molecular flexibility index (Phi) is 4.89. The van der Waals surface area contributed by atoms with Crippen molar-refractivity contribution in [2.24, 2.45) is 0 Å². The van der Waals surface area contributed by atoms with Crippen LogP contribution in [-0.4, -0.2) is 45.5 Å². The molecule has 2 aromatic heterocycles. The van der Waals surface area contributed by atoms with Crippen molar-refractivity contribution in [2.75, 3.05) is 19.6 Å². The number of piperidine rings is 1. The number of carbonyl (C=O) groups is 1. The molecule has 0 radical (unpaired) electrons. The third kappa shape index (κ3) is 3.57. The molecule has 142 valence electrons. The zero-order valence-electron chi connectivity index (χ0n) is 15.7. The standard InChI is InChI=1S/C19H24N6O2/c1-12-4-3-5-15-17(12)22-16(27-15)8-11-21-19(26)18-13(2)25(24-23-18)14-6-9-20-10-7-14/h3-5,14,20H,6-11H2,1-2H3,(H,21,26). The van der Waals surface area contributed by atoms with Gasteiger partial charge >= 0.3 is 0 Å². The van der Waals surface area contributed by atoms with Crippen LogP contribution in [0.4, 0.5) is 0 Å². The number of nitrogens with one attached hydrogen (secondary N) is 2. The molecule has 1 aliphatic rings. The molecule has 1 saturated heterocycles. The zero-order chi connectivity index (χ0) is 18.8. The van der Waals surface area contributed by atoms with E-state index in [2.05, 4.69) is 25.9 Å². The van der Waals surface area contributed by atoms with Crippen molar-refractivity contribution in [3.63, 3.8) is 0 Å². The highest BCUT2D eigenvalue weighted by atomic mass is 16.3. The first-order chi connectivity index (χ1) is 13.1. The lowest BCUT2D eigenvalue weighted by molar-refractivity contribution is 0.0948. The molecular formula is C19H24N6O2. The van der Waals surface area contributed by atoms with Gasteiger partial charge in [0.2, 0.25) is 0 Å². The van der Waals surface area contributed by atoms with E-state index in [4.69, 9.17) is 4.42 Å². The lowest BCUT2D eigenvalue weighted by Gasteiger charge is -2.23. The number of para-hydroxylation sites is 1. The van der Waals surface area contributed by atoms with Crippen LogP contribution in [0.15, 0.2) is 22.6 Å². The maximum atomic E-state index is 12.5. The van der Waals surface area contributed by atoms with E-state index in [1.165, 1.54) is 0 Å². The number of hydrogen-bond acceptors (Lipinski definition) is 6. The van der Waals surface area contributed by atoms with Crippen LogP contribution >= 0.6 is 0 Å². The molecule has 1 amide bonds. The maximum absolute atomic E-state index is 12.5. The van der Waals surface area contributed by atoms with Gasteiger partial charge in [0.1, 0.15) is 5.52 Å². The fourth-order valence-electron chi connectivity index (χ4n) is 3.55. The van der Waals surface area contributed by atoms with Crippen LogP contribution < -0.4 is 10.6 Å². The molecule has 8 nitrogen and oxygen atoms in total. The van der Waals surface area contributed by atoms with Crippen LogP contribution in [0.25, 0.3) is 11.1 Å². The van der Waals surface area contributed by atoms with Gasteiger partial charge in [0.25, 0.3) is 5.91 Å². The highest BCUT2D eigenvalue weighted by Crippen LogP contribution is 2.21. The Morgan fingerprint density at radius 2 is 2.15 bits per heavy atom. The van der Waals surface area contributed by atoms with Gasteiger partial charge in [-0.3, -0.25) is 4.79 Å². The summed E-state index contributed by atoms with van der Waals surface area (Å²) in [6.45, 7) is 6.28. The third-order valence-electron chi connectivity index (χ3n) is 5.09. The molecule has 0 spiro atoms. The minimum atomic E-state index is -0.208. The quantitative estimate of drug-likeness (QED) is 0.714. The summed E-state index contributed by atoms with van der Waals surface area (Å²) >= 11 is 0. The van der Waals surface area contributed by atoms with Crippen molar-refractivity contribution in [3.8, 4) is 0 Å². The summed E-state index contributed by atoms with van der Waals surface area (Å²) in [5.41, 5.74) is 3.94. The van der Waals surface area contributed by atoms with Crippen molar-refractivity contribution in [1.82, 2.24) is 30.6 Å². The number of nitrogens with zero attached hydrogens (tertiary/aromatic N) is 4. The van der Waals surface area contributed by atoms with Gasteiger partial charge in [-0.1, -0.05) is 17.3 Å². The minimum Gasteiger partial charge on any atom is -0.441 e. The van der Waals surface area contributed by atoms with Crippen molar-refractivity contribution in [3.05, 3.63) is 41.0 Å². The number of aryl methyl sites for hydroxylation is 1. The molecular weight excluding hydrogens is 344 g/mol. The molecule has 0 unspecified atom stereocenters. The zero-order valence-corrected chi connectivity index (χ0v) is 15.7. The Balaban J connectivity index is 1.37. The second-order valence-corrected chi connectivity index (χ2v) is 6.98. The van der Waals surface area contributed by atoms with Gasteiger partial charge in [0.05, 0.1) is 11.7 Å². The fourth-order valence-corrected chi connectivity index (χ4v) is 3.55. The van der Waals surface area contributed by atoms with E-state index in [-0.39, 0.29) is 5.91 Å². The van der Waals surface area contributed by atoms with E-state index in [9.17, 15) is 4.79 Å². The predicted molar refractivity (Wildman–Crippen MR) is 101 cm³/mol. The largest absolute Gasteiger partial charge is 0.441 e. The third-order valence-corrected chi connectivity index (χ3v) is 5.09. The van der Waals surface area contributed by atoms with Crippen LogP contribution in [0.1, 0.15) is 46.5 Å². The number of carbonyl (C=O) groups excluding carboxylic acids is 1. The molecule has 0 aliphatic carbocycles. The average Bonchev–Trinajstić information content (AvgIpc) is 3.26. The van der Waals surface area contributed by atoms with Crippen molar-refractivity contribution < 1.29 is 9.21 Å². The van der Waals surface area contributed by atoms with Crippen molar-refractivity contribution in [1.29, 1.82) is 0 Å². The lowest BCUT2D eigenvalue weighted by Crippen LogP contribution is -2.30. The SMILES string of the molecule is Cc1cccc2oc(CCNC(=O)c3nnn(C4CCNCC4)c3C)nc12. The Bertz CT molecular complexity index is 954. The van der Waals surface area contributed by atoms with Gasteiger partial charge < -0.3 is 15.1 Å². The van der Waals surface area contributed by atoms with E-state index in [1.807, 2.05) is 36.7 Å². The first kappa shape index (κ1) is 17.7. The molecule has 0 atom stereocenters. The lowest BCUT2D eigenvalue weighted by atomic mass is 10.1. The second kappa shape index (κ2) is 7.48. The van der Waals surface area contributed by atoms with E-state index >= 15 is 0 Å². The van der Waals surface area contributed by atoms with E-state index in [0.29, 0.717) is 30.6 Å². The number of amides is 1. The summed E-state index contributed by atoms with van der Waals surface area (Å²) < 4.78 is 7.63. The van der Waals surface area contributed by atoms with Crippen LogP contribution in [0, 0.1) is 13.8 Å². The topological polar surface area (TPSA) is 97.9 Å². The number of rotatable bonds is 5. The van der Waals surface area contributed by atoms with E-state index in [1.54, 1.807) is 0 Å². The number of oxazole rings is 1. The van der Waals surface area contributed by atoms with Crippen molar-refractivity contribution in [2.45, 2.75) is 39.2 Å². The van der Waals surface area contributed by atoms with Crippen LogP contribution in [0.3, 0.4) is 0 Å². The Morgan fingerprint density at radius 1 is 1.33 bits per heavy atom. The summed E-state index contributed by atoms with van der Waals surface area (Å²) in [6, 6.07) is 6.16. The molecule has 8 heteroatoms. The Morgan fingerprint density at radius 3 is 2.93 bits per heavy atom. The summed E-state index contributed by atoms with van der Waals surface area (Å²) in [5.74, 6) is 0.412. The highest BCUT2D eigenvalue weighted by Gasteiger charge is 2.22. The number of aromatic nitrogens is 4. The van der Waals surface area contributed by atoms with Gasteiger partial charge in [-0.25, -0.2) is 9.67 Å². The smallest absolute Gasteiger partial charge is 0.273 e. The second-order valence-electron chi connectivity index (χ2n) is 6.98. The molecule has 1 aromatic carbocycles. The molecule has 0 bridgehead atoms. The normalized spacial score (nSPS) is 15.3. The summed E-state index contributed by atoms with van der Waals surface area (Å²) in [4.78, 5) is 17.0. The molecule has 1 aliphatic heterocycles. The molecule has 4 rings (SSSR count). The number of benzene rings is 1. The highest BCUT2D eigenvalue weighted by molar-refractivity contribution is 5.93. The molecule has 1 fully saturated rings. The summed E-state index contributed by atoms with van der Waals surface area (Å²) in [7, 11) is 0. The van der Waals surface area contributed by atoms with Crippen LogP contribution in [0.5, 0.6) is 0 Å². The van der Waals surface area contributed by atoms with E-state index in [0.717, 1.165) is 48.3 Å². The predicted octanol–water partition coefficient (Wildman–Crippen LogP) is 1.93. The molecule has 27 heavy (non-hydrogen) atoms.